The van der Waals surface area contributed by atoms with Crippen LogP contribution in [0.3, 0.4) is 0 Å². The Kier molecular flexibility index (Phi) is 10.9. The van der Waals surface area contributed by atoms with Crippen molar-refractivity contribution in [1.29, 1.82) is 5.41 Å². The molecule has 0 radical (unpaired) electrons. The Morgan fingerprint density at radius 2 is 1.86 bits per heavy atom. The molecular formula is C26H38N8O. The van der Waals surface area contributed by atoms with Crippen molar-refractivity contribution in [2.75, 3.05) is 43.4 Å². The van der Waals surface area contributed by atoms with E-state index < -0.39 is 0 Å². The summed E-state index contributed by atoms with van der Waals surface area (Å²) in [4.78, 5) is 25.7. The fourth-order valence-electron chi connectivity index (χ4n) is 3.53. The molecule has 9 nitrogen and oxygen atoms in total. The molecule has 0 unspecified atom stereocenters. The van der Waals surface area contributed by atoms with Gasteiger partial charge in [0.2, 0.25) is 5.95 Å². The van der Waals surface area contributed by atoms with Gasteiger partial charge in [0.15, 0.2) is 5.65 Å². The number of fused-ring (bicyclic) bond motifs is 1. The SMILES string of the molecule is C=CCC.C=CCn1[nH]c2nc(Nc3ccc(N4CCN(C)CC4)c(C)c3)ncc2c1=O.CC=N. The Hall–Kier alpha value is -3.72. The largest absolute Gasteiger partial charge is 0.369 e. The van der Waals surface area contributed by atoms with Gasteiger partial charge in [-0.05, 0) is 57.3 Å². The summed E-state index contributed by atoms with van der Waals surface area (Å²) in [6.45, 7) is 17.6. The molecule has 0 aliphatic carbocycles. The predicted molar refractivity (Wildman–Crippen MR) is 147 cm³/mol. The Labute approximate surface area is 207 Å². The monoisotopic (exact) mass is 478 g/mol. The minimum atomic E-state index is -0.145. The van der Waals surface area contributed by atoms with E-state index in [9.17, 15) is 4.79 Å². The van der Waals surface area contributed by atoms with Crippen LogP contribution in [0.25, 0.3) is 11.0 Å². The second kappa shape index (κ2) is 13.9. The molecule has 0 bridgehead atoms. The summed E-state index contributed by atoms with van der Waals surface area (Å²) in [5.74, 6) is 0.450. The average molecular weight is 479 g/mol. The molecule has 1 aliphatic rings. The summed E-state index contributed by atoms with van der Waals surface area (Å²) in [5, 5.41) is 12.8. The summed E-state index contributed by atoms with van der Waals surface area (Å²) in [7, 11) is 2.16. The van der Waals surface area contributed by atoms with Crippen LogP contribution in [-0.2, 0) is 6.54 Å². The normalized spacial score (nSPS) is 13.2. The van der Waals surface area contributed by atoms with Gasteiger partial charge < -0.3 is 20.5 Å². The Balaban J connectivity index is 0.000000551. The number of hydrogen-bond donors (Lipinski definition) is 3. The van der Waals surface area contributed by atoms with Gasteiger partial charge in [0, 0.05) is 43.8 Å². The highest BCUT2D eigenvalue weighted by molar-refractivity contribution is 5.74. The number of H-pyrrole nitrogens is 1. The highest BCUT2D eigenvalue weighted by Gasteiger charge is 2.16. The van der Waals surface area contributed by atoms with Crippen LogP contribution in [0.5, 0.6) is 0 Å². The zero-order valence-corrected chi connectivity index (χ0v) is 21.3. The van der Waals surface area contributed by atoms with Gasteiger partial charge in [-0.15, -0.1) is 13.2 Å². The fraction of sp³-hybridized carbons (Fsp3) is 0.385. The zero-order chi connectivity index (χ0) is 25.8. The second-order valence-corrected chi connectivity index (χ2v) is 8.17. The van der Waals surface area contributed by atoms with Crippen molar-refractivity contribution in [3.8, 4) is 0 Å². The maximum Gasteiger partial charge on any atom is 0.277 e. The van der Waals surface area contributed by atoms with Crippen molar-refractivity contribution in [2.24, 2.45) is 0 Å². The number of piperazine rings is 1. The van der Waals surface area contributed by atoms with Crippen molar-refractivity contribution >= 4 is 34.6 Å². The van der Waals surface area contributed by atoms with Crippen molar-refractivity contribution in [1.82, 2.24) is 24.6 Å². The van der Waals surface area contributed by atoms with Crippen molar-refractivity contribution in [3.05, 3.63) is 65.6 Å². The van der Waals surface area contributed by atoms with Crippen LogP contribution in [0.15, 0.2) is 54.5 Å². The van der Waals surface area contributed by atoms with Crippen LogP contribution < -0.4 is 15.8 Å². The molecule has 1 saturated heterocycles. The number of aromatic nitrogens is 4. The number of aryl methyl sites for hydroxylation is 1. The molecule has 1 fully saturated rings. The van der Waals surface area contributed by atoms with Crippen LogP contribution in [0, 0.1) is 12.3 Å². The zero-order valence-electron chi connectivity index (χ0n) is 21.3. The maximum atomic E-state index is 12.2. The molecule has 1 aliphatic heterocycles. The first kappa shape index (κ1) is 27.5. The molecule has 1 aromatic carbocycles. The van der Waals surface area contributed by atoms with Gasteiger partial charge >= 0.3 is 0 Å². The Morgan fingerprint density at radius 3 is 2.43 bits per heavy atom. The molecule has 9 heteroatoms. The number of nitrogens with one attached hydrogen (secondary N) is 3. The number of nitrogens with zero attached hydrogens (tertiary/aromatic N) is 5. The highest BCUT2D eigenvalue weighted by Crippen LogP contribution is 2.26. The van der Waals surface area contributed by atoms with Gasteiger partial charge in [0.25, 0.3) is 5.56 Å². The summed E-state index contributed by atoms with van der Waals surface area (Å²) >= 11 is 0. The van der Waals surface area contributed by atoms with Crippen molar-refractivity contribution in [2.45, 2.75) is 33.7 Å². The Morgan fingerprint density at radius 1 is 1.20 bits per heavy atom. The third kappa shape index (κ3) is 7.65. The topological polar surface area (TPSA) is 106 Å². The van der Waals surface area contributed by atoms with Gasteiger partial charge in [-0.1, -0.05) is 19.1 Å². The van der Waals surface area contributed by atoms with Gasteiger partial charge in [-0.3, -0.25) is 9.89 Å². The molecule has 0 amide bonds. The minimum absolute atomic E-state index is 0.145. The number of allylic oxidation sites excluding steroid dienone is 2. The van der Waals surface area contributed by atoms with Crippen LogP contribution in [0.2, 0.25) is 0 Å². The van der Waals surface area contributed by atoms with Crippen molar-refractivity contribution in [3.63, 3.8) is 0 Å². The Bertz CT molecular complexity index is 1170. The quantitative estimate of drug-likeness (QED) is 0.359. The molecule has 0 spiro atoms. The summed E-state index contributed by atoms with van der Waals surface area (Å²) in [6, 6.07) is 6.29. The van der Waals surface area contributed by atoms with E-state index in [2.05, 4.69) is 76.4 Å². The van der Waals surface area contributed by atoms with Crippen LogP contribution in [-0.4, -0.2) is 64.1 Å². The van der Waals surface area contributed by atoms with Gasteiger partial charge in [0.1, 0.15) is 5.39 Å². The lowest BCUT2D eigenvalue weighted by atomic mass is 10.1. The molecule has 35 heavy (non-hydrogen) atoms. The van der Waals surface area contributed by atoms with E-state index in [1.165, 1.54) is 22.1 Å². The first-order chi connectivity index (χ1) is 16.9. The molecule has 3 N–H and O–H groups in total. The lowest BCUT2D eigenvalue weighted by Gasteiger charge is -2.35. The molecule has 0 saturated carbocycles. The molecule has 4 rings (SSSR count). The smallest absolute Gasteiger partial charge is 0.277 e. The highest BCUT2D eigenvalue weighted by atomic mass is 16.1. The van der Waals surface area contributed by atoms with Gasteiger partial charge in [0.05, 0.1) is 6.54 Å². The summed E-state index contributed by atoms with van der Waals surface area (Å²) < 4.78 is 1.46. The van der Waals surface area contributed by atoms with Crippen LogP contribution in [0.4, 0.5) is 17.3 Å². The molecule has 2 aromatic heterocycles. The fourth-order valence-corrected chi connectivity index (χ4v) is 3.53. The van der Waals surface area contributed by atoms with E-state index in [1.54, 1.807) is 19.2 Å². The van der Waals surface area contributed by atoms with Crippen LogP contribution >= 0.6 is 0 Å². The van der Waals surface area contributed by atoms with E-state index in [4.69, 9.17) is 5.41 Å². The number of aromatic amines is 1. The first-order valence-corrected chi connectivity index (χ1v) is 11.8. The molecular weight excluding hydrogens is 440 g/mol. The maximum absolute atomic E-state index is 12.2. The molecule has 188 valence electrons. The first-order valence-electron chi connectivity index (χ1n) is 11.8. The summed E-state index contributed by atoms with van der Waals surface area (Å²) in [6.07, 6.45) is 7.42. The number of rotatable bonds is 6. The van der Waals surface area contributed by atoms with Crippen LogP contribution in [0.1, 0.15) is 25.8 Å². The lowest BCUT2D eigenvalue weighted by Crippen LogP contribution is -2.44. The average Bonchev–Trinajstić information content (AvgIpc) is 3.15. The van der Waals surface area contributed by atoms with Crippen molar-refractivity contribution < 1.29 is 0 Å². The van der Waals surface area contributed by atoms with Gasteiger partial charge in [-0.2, -0.15) is 4.98 Å². The predicted octanol–water partition coefficient (Wildman–Crippen LogP) is 4.35. The standard InChI is InChI=1S/C20H25N7O.C4H8.C2H5N/c1-4-7-27-19(28)16-13-21-20(23-18(16)24-27)22-15-5-6-17(14(2)12-15)26-10-8-25(3)9-11-26;1-3-4-2;1-2-3/h4-6,12-13H,1,7-11H2,2-3H3,(H2,21,22,23,24);3H,1,4H2,2H3;2-3H,1H3. The molecule has 0 atom stereocenters. The third-order valence-electron chi connectivity index (χ3n) is 5.40. The van der Waals surface area contributed by atoms with E-state index in [0.717, 1.165) is 38.3 Å². The second-order valence-electron chi connectivity index (χ2n) is 8.17. The molecule has 3 aromatic rings. The lowest BCUT2D eigenvalue weighted by molar-refractivity contribution is 0.312. The minimum Gasteiger partial charge on any atom is -0.369 e. The number of anilines is 3. The third-order valence-corrected chi connectivity index (χ3v) is 5.40. The number of likely N-dealkylation sites (N-methyl/N-ethyl adjacent to an activating group) is 1. The van der Waals surface area contributed by atoms with Gasteiger partial charge in [-0.25, -0.2) is 9.67 Å². The summed E-state index contributed by atoms with van der Waals surface area (Å²) in [5.41, 5.74) is 3.76. The number of benzene rings is 1. The van der Waals surface area contributed by atoms with E-state index in [-0.39, 0.29) is 5.56 Å². The van der Waals surface area contributed by atoms with E-state index in [0.29, 0.717) is 23.5 Å². The molecule has 3 heterocycles. The van der Waals surface area contributed by atoms with E-state index in [1.807, 2.05) is 12.1 Å². The number of hydrogen-bond acceptors (Lipinski definition) is 7. The van der Waals surface area contributed by atoms with E-state index >= 15 is 0 Å².